The van der Waals surface area contributed by atoms with Crippen molar-refractivity contribution in [3.63, 3.8) is 0 Å². The maximum atomic E-state index is 6.84. The lowest BCUT2D eigenvalue weighted by Gasteiger charge is -2.27. The van der Waals surface area contributed by atoms with Crippen LogP contribution in [0.3, 0.4) is 0 Å². The van der Waals surface area contributed by atoms with Crippen LogP contribution in [0.15, 0.2) is 0 Å². The van der Waals surface area contributed by atoms with Crippen LogP contribution in [0.1, 0.15) is 155 Å². The van der Waals surface area contributed by atoms with Gasteiger partial charge in [0, 0.05) is 0 Å². The van der Waals surface area contributed by atoms with Gasteiger partial charge in [-0.2, -0.15) is 0 Å². The van der Waals surface area contributed by atoms with Crippen molar-refractivity contribution in [2.75, 3.05) is 41.3 Å². The highest BCUT2D eigenvalue weighted by molar-refractivity contribution is 4.68. The molecule has 0 aromatic carbocycles. The van der Waals surface area contributed by atoms with Gasteiger partial charge in [0.15, 0.2) is 0 Å². The van der Waals surface area contributed by atoms with Gasteiger partial charge in [0.25, 0.3) is 0 Å². The molecule has 0 saturated carbocycles. The van der Waals surface area contributed by atoms with Gasteiger partial charge in [-0.25, -0.2) is 0 Å². The predicted molar refractivity (Wildman–Crippen MR) is 159 cm³/mol. The van der Waals surface area contributed by atoms with E-state index in [0.717, 1.165) is 13.1 Å². The minimum atomic E-state index is 0.438. The van der Waals surface area contributed by atoms with E-state index in [4.69, 9.17) is 4.74 Å². The standard InChI is InChI=1S/C32H68N2O/c1-7-9-11-13-15-17-19-21-23-25-31(27-29-33(3)4)35-32(28-30-34(5)6)26-24-22-20-18-16-14-12-10-8-2/h31-32H,7-30H2,1-6H3. The summed E-state index contributed by atoms with van der Waals surface area (Å²) in [5.74, 6) is 0. The third-order valence-corrected chi connectivity index (χ3v) is 7.44. The van der Waals surface area contributed by atoms with Gasteiger partial charge in [-0.1, -0.05) is 129 Å². The second kappa shape index (κ2) is 26.9. The van der Waals surface area contributed by atoms with Crippen LogP contribution in [0.2, 0.25) is 0 Å². The first-order chi connectivity index (χ1) is 17.0. The zero-order valence-corrected chi connectivity index (χ0v) is 25.4. The molecule has 0 heterocycles. The number of nitrogens with zero attached hydrogens (tertiary/aromatic N) is 2. The molecule has 0 aromatic heterocycles. The van der Waals surface area contributed by atoms with Gasteiger partial charge in [-0.05, 0) is 67.0 Å². The third kappa shape index (κ3) is 26.7. The van der Waals surface area contributed by atoms with Crippen LogP contribution in [0.25, 0.3) is 0 Å². The molecule has 3 nitrogen and oxygen atoms in total. The van der Waals surface area contributed by atoms with E-state index in [0.29, 0.717) is 12.2 Å². The summed E-state index contributed by atoms with van der Waals surface area (Å²) in [6.45, 7) is 6.88. The predicted octanol–water partition coefficient (Wildman–Crippen LogP) is 9.49. The van der Waals surface area contributed by atoms with Crippen LogP contribution in [-0.4, -0.2) is 63.3 Å². The van der Waals surface area contributed by atoms with Crippen molar-refractivity contribution in [3.05, 3.63) is 0 Å². The molecular weight excluding hydrogens is 428 g/mol. The molecule has 35 heavy (non-hydrogen) atoms. The summed E-state index contributed by atoms with van der Waals surface area (Å²) in [5.41, 5.74) is 0. The van der Waals surface area contributed by atoms with E-state index in [9.17, 15) is 0 Å². The number of unbranched alkanes of at least 4 members (excludes halogenated alkanes) is 16. The highest BCUT2D eigenvalue weighted by Gasteiger charge is 2.17. The molecule has 0 bridgehead atoms. The van der Waals surface area contributed by atoms with Crippen LogP contribution in [-0.2, 0) is 4.74 Å². The Hall–Kier alpha value is -0.120. The summed E-state index contributed by atoms with van der Waals surface area (Å²) >= 11 is 0. The largest absolute Gasteiger partial charge is 0.375 e. The lowest BCUT2D eigenvalue weighted by molar-refractivity contribution is -0.0348. The molecule has 0 amide bonds. The maximum Gasteiger partial charge on any atom is 0.0591 e. The Morgan fingerprint density at radius 1 is 0.400 bits per heavy atom. The van der Waals surface area contributed by atoms with Crippen LogP contribution < -0.4 is 0 Å². The van der Waals surface area contributed by atoms with Crippen molar-refractivity contribution in [3.8, 4) is 0 Å². The second-order valence-electron chi connectivity index (χ2n) is 11.8. The highest BCUT2D eigenvalue weighted by atomic mass is 16.5. The Labute approximate surface area is 223 Å². The van der Waals surface area contributed by atoms with Gasteiger partial charge in [-0.15, -0.1) is 0 Å². The molecule has 0 aromatic rings. The first-order valence-electron chi connectivity index (χ1n) is 15.9. The molecule has 0 aliphatic rings. The van der Waals surface area contributed by atoms with E-state index >= 15 is 0 Å². The molecule has 2 unspecified atom stereocenters. The normalized spacial score (nSPS) is 13.7. The smallest absolute Gasteiger partial charge is 0.0591 e. The third-order valence-electron chi connectivity index (χ3n) is 7.44. The average molecular weight is 497 g/mol. The molecule has 0 saturated heterocycles. The topological polar surface area (TPSA) is 15.7 Å². The Morgan fingerprint density at radius 2 is 0.686 bits per heavy atom. The quantitative estimate of drug-likeness (QED) is 0.100. The molecule has 0 aliphatic heterocycles. The molecule has 0 fully saturated rings. The van der Waals surface area contributed by atoms with Gasteiger partial charge in [0.1, 0.15) is 0 Å². The maximum absolute atomic E-state index is 6.84. The number of hydrogen-bond donors (Lipinski definition) is 0. The van der Waals surface area contributed by atoms with Gasteiger partial charge in [0.05, 0.1) is 12.2 Å². The minimum Gasteiger partial charge on any atom is -0.375 e. The fourth-order valence-electron chi connectivity index (χ4n) is 5.00. The van der Waals surface area contributed by atoms with E-state index in [1.165, 1.54) is 141 Å². The minimum absolute atomic E-state index is 0.438. The summed E-state index contributed by atoms with van der Waals surface area (Å²) < 4.78 is 6.84. The summed E-state index contributed by atoms with van der Waals surface area (Å²) in [7, 11) is 8.78. The second-order valence-corrected chi connectivity index (χ2v) is 11.8. The van der Waals surface area contributed by atoms with Crippen LogP contribution >= 0.6 is 0 Å². The Kier molecular flexibility index (Phi) is 26.8. The molecule has 2 atom stereocenters. The zero-order valence-electron chi connectivity index (χ0n) is 25.4. The van der Waals surface area contributed by atoms with Crippen LogP contribution in [0, 0.1) is 0 Å². The molecule has 0 radical (unpaired) electrons. The van der Waals surface area contributed by atoms with Crippen molar-refractivity contribution in [2.45, 2.75) is 167 Å². The molecular formula is C32H68N2O. The molecule has 0 N–H and O–H groups in total. The summed E-state index contributed by atoms with van der Waals surface area (Å²) in [5, 5.41) is 0. The summed E-state index contributed by atoms with van der Waals surface area (Å²) in [4.78, 5) is 4.64. The van der Waals surface area contributed by atoms with Gasteiger partial charge in [-0.3, -0.25) is 0 Å². The molecule has 3 heteroatoms. The number of hydrogen-bond acceptors (Lipinski definition) is 3. The highest BCUT2D eigenvalue weighted by Crippen LogP contribution is 2.20. The Bertz CT molecular complexity index is 363. The fourth-order valence-corrected chi connectivity index (χ4v) is 5.00. The monoisotopic (exact) mass is 497 g/mol. The Balaban J connectivity index is 4.33. The van der Waals surface area contributed by atoms with Crippen molar-refractivity contribution < 1.29 is 4.74 Å². The van der Waals surface area contributed by atoms with E-state index in [1.807, 2.05) is 0 Å². The van der Waals surface area contributed by atoms with Gasteiger partial charge < -0.3 is 14.5 Å². The lowest BCUT2D eigenvalue weighted by atomic mass is 10.0. The average Bonchev–Trinajstić information content (AvgIpc) is 2.83. The molecule has 0 aliphatic carbocycles. The van der Waals surface area contributed by atoms with Crippen molar-refractivity contribution >= 4 is 0 Å². The number of ether oxygens (including phenoxy) is 1. The van der Waals surface area contributed by atoms with Gasteiger partial charge in [0.2, 0.25) is 0 Å². The van der Waals surface area contributed by atoms with Crippen LogP contribution in [0.4, 0.5) is 0 Å². The fraction of sp³-hybridized carbons (Fsp3) is 1.00. The summed E-state index contributed by atoms with van der Waals surface area (Å²) in [6.07, 6.45) is 31.0. The van der Waals surface area contributed by atoms with E-state index in [1.54, 1.807) is 0 Å². The van der Waals surface area contributed by atoms with Gasteiger partial charge >= 0.3 is 0 Å². The molecule has 0 spiro atoms. The van der Waals surface area contributed by atoms with Crippen molar-refractivity contribution in [2.24, 2.45) is 0 Å². The van der Waals surface area contributed by atoms with Crippen molar-refractivity contribution in [1.29, 1.82) is 0 Å². The lowest BCUT2D eigenvalue weighted by Crippen LogP contribution is -2.29. The van der Waals surface area contributed by atoms with Crippen molar-refractivity contribution in [1.82, 2.24) is 9.80 Å². The van der Waals surface area contributed by atoms with E-state index in [-0.39, 0.29) is 0 Å². The molecule has 0 rings (SSSR count). The van der Waals surface area contributed by atoms with E-state index < -0.39 is 0 Å². The van der Waals surface area contributed by atoms with Crippen LogP contribution in [0.5, 0.6) is 0 Å². The van der Waals surface area contributed by atoms with E-state index in [2.05, 4.69) is 51.8 Å². The first-order valence-corrected chi connectivity index (χ1v) is 15.9. The summed E-state index contributed by atoms with van der Waals surface area (Å²) in [6, 6.07) is 0. The zero-order chi connectivity index (χ0) is 26.0. The first kappa shape index (κ1) is 34.9. The number of rotatable bonds is 28. The molecule has 212 valence electrons. The Morgan fingerprint density at radius 3 is 0.971 bits per heavy atom. The SMILES string of the molecule is CCCCCCCCCCCC(CCN(C)C)OC(CCCCCCCCCCC)CCN(C)C.